The van der Waals surface area contributed by atoms with Crippen LogP contribution in [-0.2, 0) is 11.2 Å². The second-order valence-electron chi connectivity index (χ2n) is 10.3. The number of hydrogen-bond donors (Lipinski definition) is 2. The van der Waals surface area contributed by atoms with Gasteiger partial charge >= 0.3 is 0 Å². The number of amides is 1. The molecule has 7 rings (SSSR count). The predicted molar refractivity (Wildman–Crippen MR) is 170 cm³/mol. The minimum absolute atomic E-state index is 0.228. The summed E-state index contributed by atoms with van der Waals surface area (Å²) in [4.78, 5) is 18.1. The monoisotopic (exact) mass is 569 g/mol. The molecule has 0 radical (unpaired) electrons. The molecule has 2 aliphatic rings. The van der Waals surface area contributed by atoms with Gasteiger partial charge in [0.2, 0.25) is 0 Å². The molecule has 5 aromatic rings. The van der Waals surface area contributed by atoms with Crippen molar-refractivity contribution in [3.63, 3.8) is 0 Å². The molecule has 0 bridgehead atoms. The van der Waals surface area contributed by atoms with Crippen LogP contribution in [0, 0.1) is 0 Å². The lowest BCUT2D eigenvalue weighted by molar-refractivity contribution is -0.114. The van der Waals surface area contributed by atoms with E-state index < -0.39 is 0 Å². The second kappa shape index (κ2) is 10.7. The van der Waals surface area contributed by atoms with Crippen LogP contribution in [0.25, 0.3) is 16.5 Å². The molecule has 0 aliphatic carbocycles. The number of nitrogens with zero attached hydrogens (tertiary/aromatic N) is 3. The molecule has 42 heavy (non-hydrogen) atoms. The number of thiophene rings is 1. The third-order valence-electron chi connectivity index (χ3n) is 7.59. The van der Waals surface area contributed by atoms with Crippen molar-refractivity contribution in [1.82, 2.24) is 0 Å². The lowest BCUT2D eigenvalue weighted by Gasteiger charge is -2.31. The summed E-state index contributed by atoms with van der Waals surface area (Å²) in [5.41, 5.74) is 6.99. The van der Waals surface area contributed by atoms with E-state index in [1.165, 1.54) is 34.1 Å². The molecule has 0 saturated carbocycles. The van der Waals surface area contributed by atoms with Crippen LogP contribution in [0.5, 0.6) is 11.5 Å². The van der Waals surface area contributed by atoms with Crippen LogP contribution < -0.4 is 9.91 Å². The highest BCUT2D eigenvalue weighted by molar-refractivity contribution is 7.16. The van der Waals surface area contributed by atoms with E-state index in [9.17, 15) is 15.0 Å². The molecule has 0 unspecified atom stereocenters. The van der Waals surface area contributed by atoms with E-state index in [2.05, 4.69) is 58.5 Å². The molecule has 0 spiro atoms. The fourth-order valence-electron chi connectivity index (χ4n) is 5.53. The number of anilines is 3. The van der Waals surface area contributed by atoms with E-state index in [-0.39, 0.29) is 17.4 Å². The summed E-state index contributed by atoms with van der Waals surface area (Å²) in [6, 6.07) is 35.0. The number of phenolic OH excluding ortho intramolecular Hbond substituents is 2. The highest BCUT2D eigenvalue weighted by Crippen LogP contribution is 2.39. The predicted octanol–water partition coefficient (Wildman–Crippen LogP) is 7.75. The Morgan fingerprint density at radius 3 is 2.26 bits per heavy atom. The maximum absolute atomic E-state index is 13.7. The number of phenols is 2. The largest absolute Gasteiger partial charge is 0.504 e. The molecule has 3 heterocycles. The fraction of sp³-hybridized carbons (Fsp3) is 0.0857. The van der Waals surface area contributed by atoms with Gasteiger partial charge in [0, 0.05) is 33.2 Å². The number of aromatic hydroxyl groups is 2. The fourth-order valence-corrected chi connectivity index (χ4v) is 6.47. The Labute approximate surface area is 247 Å². The van der Waals surface area contributed by atoms with Crippen molar-refractivity contribution in [1.29, 1.82) is 0 Å². The van der Waals surface area contributed by atoms with E-state index in [0.29, 0.717) is 22.5 Å². The Kier molecular flexibility index (Phi) is 6.56. The number of aryl methyl sites for hydroxylation is 1. The van der Waals surface area contributed by atoms with Gasteiger partial charge in [-0.3, -0.25) is 4.79 Å². The van der Waals surface area contributed by atoms with E-state index in [1.807, 2.05) is 48.5 Å². The summed E-state index contributed by atoms with van der Waals surface area (Å²) in [6.45, 7) is 1.00. The quantitative estimate of drug-likeness (QED) is 0.168. The molecule has 0 saturated heterocycles. The maximum atomic E-state index is 13.7. The van der Waals surface area contributed by atoms with E-state index >= 15 is 0 Å². The molecule has 4 aromatic carbocycles. The zero-order valence-corrected chi connectivity index (χ0v) is 23.5. The third-order valence-corrected chi connectivity index (χ3v) is 8.67. The molecule has 0 atom stereocenters. The van der Waals surface area contributed by atoms with Crippen LogP contribution in [0.4, 0.5) is 17.1 Å². The van der Waals surface area contributed by atoms with Gasteiger partial charge in [0.15, 0.2) is 11.5 Å². The number of carbonyl (C=O) groups excluding carboxylic acids is 1. The van der Waals surface area contributed by atoms with Gasteiger partial charge < -0.3 is 15.1 Å². The summed E-state index contributed by atoms with van der Waals surface area (Å²) in [6.07, 6.45) is 4.00. The first kappa shape index (κ1) is 25.8. The molecular weight excluding hydrogens is 542 g/mol. The van der Waals surface area contributed by atoms with Crippen molar-refractivity contribution in [3.8, 4) is 21.9 Å². The van der Waals surface area contributed by atoms with E-state index in [1.54, 1.807) is 17.4 Å². The van der Waals surface area contributed by atoms with Crippen LogP contribution in [0.2, 0.25) is 0 Å². The Balaban J connectivity index is 1.23. The van der Waals surface area contributed by atoms with Crippen LogP contribution in [0.15, 0.2) is 120 Å². The van der Waals surface area contributed by atoms with Crippen molar-refractivity contribution in [3.05, 3.63) is 131 Å². The van der Waals surface area contributed by atoms with Gasteiger partial charge in [-0.2, -0.15) is 10.1 Å². The number of para-hydroxylation sites is 2. The van der Waals surface area contributed by atoms with Crippen molar-refractivity contribution in [2.45, 2.75) is 12.8 Å². The zero-order valence-electron chi connectivity index (χ0n) is 22.6. The minimum Gasteiger partial charge on any atom is -0.504 e. The van der Waals surface area contributed by atoms with Crippen LogP contribution in [-0.4, -0.2) is 28.4 Å². The molecule has 6 nitrogen and oxygen atoms in total. The summed E-state index contributed by atoms with van der Waals surface area (Å²) in [7, 11) is 0. The molecule has 1 aromatic heterocycles. The molecule has 7 heteroatoms. The van der Waals surface area contributed by atoms with Gasteiger partial charge in [-0.15, -0.1) is 11.3 Å². The first-order valence-electron chi connectivity index (χ1n) is 13.8. The Hall–Kier alpha value is -5.14. The Bertz CT molecular complexity index is 1860. The van der Waals surface area contributed by atoms with Crippen LogP contribution >= 0.6 is 11.3 Å². The van der Waals surface area contributed by atoms with Crippen molar-refractivity contribution < 1.29 is 15.0 Å². The highest BCUT2D eigenvalue weighted by Gasteiger charge is 2.32. The van der Waals surface area contributed by atoms with Crippen LogP contribution in [0.1, 0.15) is 22.4 Å². The Morgan fingerprint density at radius 2 is 1.50 bits per heavy atom. The zero-order chi connectivity index (χ0) is 28.6. The lowest BCUT2D eigenvalue weighted by atomic mass is 9.98. The third kappa shape index (κ3) is 4.74. The summed E-state index contributed by atoms with van der Waals surface area (Å²) in [5.74, 6) is -0.751. The molecule has 0 fully saturated rings. The molecule has 1 amide bonds. The molecule has 206 valence electrons. The van der Waals surface area contributed by atoms with E-state index in [4.69, 9.17) is 0 Å². The van der Waals surface area contributed by atoms with Gasteiger partial charge in [0.1, 0.15) is 5.71 Å². The highest BCUT2D eigenvalue weighted by atomic mass is 32.1. The number of benzene rings is 4. The average molecular weight is 570 g/mol. The Morgan fingerprint density at radius 1 is 0.762 bits per heavy atom. The lowest BCUT2D eigenvalue weighted by Crippen LogP contribution is -2.24. The minimum atomic E-state index is -0.267. The SMILES string of the molecule is O=C1/C(=C\c2ccc(-c3ccc4c(c3)CCCN4c3ccccc3)s2)C(c2ccc(O)c(O)c2)=NN1c1ccccc1. The normalized spacial score (nSPS) is 15.7. The number of hydrogen-bond acceptors (Lipinski definition) is 6. The van der Waals surface area contributed by atoms with Crippen molar-refractivity contribution in [2.24, 2.45) is 5.10 Å². The summed E-state index contributed by atoms with van der Waals surface area (Å²) < 4.78 is 0. The van der Waals surface area contributed by atoms with Crippen LogP contribution in [0.3, 0.4) is 0 Å². The smallest absolute Gasteiger partial charge is 0.281 e. The molecular formula is C35H27N3O3S. The second-order valence-corrected chi connectivity index (χ2v) is 11.4. The van der Waals surface area contributed by atoms with Gasteiger partial charge in [0.05, 0.1) is 11.3 Å². The number of carbonyl (C=O) groups is 1. The number of fused-ring (bicyclic) bond motifs is 1. The molecule has 2 aliphatic heterocycles. The first-order valence-corrected chi connectivity index (χ1v) is 14.6. The summed E-state index contributed by atoms with van der Waals surface area (Å²) >= 11 is 1.62. The number of hydrazone groups is 1. The summed E-state index contributed by atoms with van der Waals surface area (Å²) in [5, 5.41) is 26.0. The maximum Gasteiger partial charge on any atom is 0.281 e. The topological polar surface area (TPSA) is 76.4 Å². The first-order chi connectivity index (χ1) is 20.5. The standard InChI is InChI=1S/C35H27N3O3S/c39-31-17-14-25(21-32(31)40)34-29(35(41)38(36-34)27-11-5-2-6-12-27)22-28-15-18-33(42-28)24-13-16-30-23(20-24)8-7-19-37(30)26-9-3-1-4-10-26/h1-6,9-18,20-22,39-40H,7-8,19H2/b29-22-. The van der Waals surface area contributed by atoms with Crippen molar-refractivity contribution >= 4 is 46.1 Å². The van der Waals surface area contributed by atoms with Crippen molar-refractivity contribution in [2.75, 3.05) is 16.5 Å². The molecule has 2 N–H and O–H groups in total. The van der Waals surface area contributed by atoms with E-state index in [0.717, 1.165) is 34.7 Å². The average Bonchev–Trinajstić information content (AvgIpc) is 3.63. The number of rotatable bonds is 5. The van der Waals surface area contributed by atoms with Gasteiger partial charge in [-0.05, 0) is 96.8 Å². The van der Waals surface area contributed by atoms with Gasteiger partial charge in [-0.25, -0.2) is 0 Å². The van der Waals surface area contributed by atoms with Gasteiger partial charge in [-0.1, -0.05) is 42.5 Å². The van der Waals surface area contributed by atoms with Gasteiger partial charge in [0.25, 0.3) is 5.91 Å².